The molecule has 0 unspecified atom stereocenters. The van der Waals surface area contributed by atoms with E-state index in [9.17, 15) is 14.4 Å². The van der Waals surface area contributed by atoms with Gasteiger partial charge in [0.1, 0.15) is 11.5 Å². The summed E-state index contributed by atoms with van der Waals surface area (Å²) in [5.41, 5.74) is 4.76. The van der Waals surface area contributed by atoms with Crippen LogP contribution >= 0.6 is 15.9 Å². The first-order valence-electron chi connectivity index (χ1n) is 10.4. The van der Waals surface area contributed by atoms with Gasteiger partial charge < -0.3 is 20.1 Å². The molecule has 0 fully saturated rings. The number of nitrogens with zero attached hydrogens (tertiary/aromatic N) is 1. The van der Waals surface area contributed by atoms with Crippen molar-refractivity contribution in [2.24, 2.45) is 5.10 Å². The first-order valence-corrected chi connectivity index (χ1v) is 11.2. The highest BCUT2D eigenvalue weighted by Crippen LogP contribution is 2.20. The number of anilines is 2. The van der Waals surface area contributed by atoms with E-state index in [4.69, 9.17) is 9.47 Å². The number of hydrogen-bond acceptors (Lipinski definition) is 6. The van der Waals surface area contributed by atoms with E-state index in [0.717, 1.165) is 10.0 Å². The monoisotopic (exact) mass is 538 g/mol. The van der Waals surface area contributed by atoms with Crippen molar-refractivity contribution >= 4 is 51.2 Å². The number of ether oxygens (including phenoxy) is 2. The summed E-state index contributed by atoms with van der Waals surface area (Å²) in [6.07, 6.45) is 1.32. The summed E-state index contributed by atoms with van der Waals surface area (Å²) in [7, 11) is 1.53. The van der Waals surface area contributed by atoms with Gasteiger partial charge in [0.25, 0.3) is 5.91 Å². The van der Waals surface area contributed by atoms with E-state index in [-0.39, 0.29) is 12.5 Å². The van der Waals surface area contributed by atoms with Crippen LogP contribution in [0.25, 0.3) is 0 Å². The van der Waals surface area contributed by atoms with Crippen LogP contribution < -0.4 is 25.5 Å². The minimum absolute atomic E-state index is 0.226. The molecular weight excluding hydrogens is 516 g/mol. The topological polar surface area (TPSA) is 118 Å². The van der Waals surface area contributed by atoms with Crippen LogP contribution in [0.2, 0.25) is 0 Å². The Balaban J connectivity index is 1.52. The molecule has 0 aromatic heterocycles. The zero-order valence-electron chi connectivity index (χ0n) is 19.0. The van der Waals surface area contributed by atoms with Crippen LogP contribution in [-0.2, 0) is 14.4 Å². The SMILES string of the molecule is COc1ccc(NC(=O)C(=O)N/N=C\c2ccccc2OCC(=O)Nc2ccc(Br)c(C)c2)cc1. The van der Waals surface area contributed by atoms with Crippen molar-refractivity contribution in [3.63, 3.8) is 0 Å². The van der Waals surface area contributed by atoms with E-state index in [0.29, 0.717) is 28.4 Å². The highest BCUT2D eigenvalue weighted by atomic mass is 79.9. The molecule has 0 aliphatic heterocycles. The lowest BCUT2D eigenvalue weighted by atomic mass is 10.2. The average molecular weight is 539 g/mol. The number of nitrogens with one attached hydrogen (secondary N) is 3. The lowest BCUT2D eigenvalue weighted by molar-refractivity contribution is -0.136. The van der Waals surface area contributed by atoms with E-state index in [1.54, 1.807) is 54.6 Å². The number of aryl methyl sites for hydroxylation is 1. The Kier molecular flexibility index (Phi) is 8.96. The highest BCUT2D eigenvalue weighted by molar-refractivity contribution is 9.10. The van der Waals surface area contributed by atoms with Crippen LogP contribution in [0, 0.1) is 6.92 Å². The summed E-state index contributed by atoms with van der Waals surface area (Å²) in [6, 6.07) is 18.8. The molecule has 0 bridgehead atoms. The first kappa shape index (κ1) is 25.4. The molecule has 0 saturated carbocycles. The van der Waals surface area contributed by atoms with Crippen LogP contribution in [0.4, 0.5) is 11.4 Å². The quantitative estimate of drug-likeness (QED) is 0.228. The van der Waals surface area contributed by atoms with Gasteiger partial charge in [-0.15, -0.1) is 0 Å². The predicted octanol–water partition coefficient (Wildman–Crippen LogP) is 3.87. The summed E-state index contributed by atoms with van der Waals surface area (Å²) in [5.74, 6) is -1.15. The highest BCUT2D eigenvalue weighted by Gasteiger charge is 2.13. The molecule has 10 heteroatoms. The maximum Gasteiger partial charge on any atom is 0.329 e. The van der Waals surface area contributed by atoms with Gasteiger partial charge in [0.15, 0.2) is 6.61 Å². The molecule has 0 saturated heterocycles. The summed E-state index contributed by atoms with van der Waals surface area (Å²) in [6.45, 7) is 1.70. The molecule has 9 nitrogen and oxygen atoms in total. The van der Waals surface area contributed by atoms with Crippen molar-refractivity contribution in [3.05, 3.63) is 82.3 Å². The third-order valence-corrected chi connectivity index (χ3v) is 5.53. The van der Waals surface area contributed by atoms with E-state index >= 15 is 0 Å². The maximum absolute atomic E-state index is 12.3. The molecule has 3 aromatic rings. The molecular formula is C25H23BrN4O5. The number of carbonyl (C=O) groups excluding carboxylic acids is 3. The molecule has 35 heavy (non-hydrogen) atoms. The number of carbonyl (C=O) groups is 3. The van der Waals surface area contributed by atoms with E-state index < -0.39 is 11.8 Å². The number of rotatable bonds is 8. The molecule has 3 rings (SSSR count). The summed E-state index contributed by atoms with van der Waals surface area (Å²) in [4.78, 5) is 36.3. The molecule has 3 aromatic carbocycles. The molecule has 0 atom stereocenters. The fourth-order valence-electron chi connectivity index (χ4n) is 2.85. The number of para-hydroxylation sites is 1. The Morgan fingerprint density at radius 1 is 0.943 bits per heavy atom. The number of benzene rings is 3. The lowest BCUT2D eigenvalue weighted by Crippen LogP contribution is -2.32. The Labute approximate surface area is 210 Å². The summed E-state index contributed by atoms with van der Waals surface area (Å²) in [5, 5.41) is 9.04. The van der Waals surface area contributed by atoms with E-state index in [1.807, 2.05) is 19.1 Å². The zero-order chi connectivity index (χ0) is 25.2. The van der Waals surface area contributed by atoms with Crippen molar-refractivity contribution in [1.29, 1.82) is 0 Å². The lowest BCUT2D eigenvalue weighted by Gasteiger charge is -2.10. The van der Waals surface area contributed by atoms with Gasteiger partial charge in [-0.1, -0.05) is 28.1 Å². The van der Waals surface area contributed by atoms with Crippen LogP contribution in [0.5, 0.6) is 11.5 Å². The van der Waals surface area contributed by atoms with Crippen LogP contribution in [0.15, 0.2) is 76.3 Å². The molecule has 0 heterocycles. The Bertz CT molecular complexity index is 1240. The fourth-order valence-corrected chi connectivity index (χ4v) is 3.10. The van der Waals surface area contributed by atoms with Gasteiger partial charge in [0.05, 0.1) is 13.3 Å². The number of halogens is 1. The molecule has 0 radical (unpaired) electrons. The normalized spacial score (nSPS) is 10.5. The van der Waals surface area contributed by atoms with Crippen LogP contribution in [0.1, 0.15) is 11.1 Å². The van der Waals surface area contributed by atoms with Gasteiger partial charge in [-0.05, 0) is 67.1 Å². The predicted molar refractivity (Wildman–Crippen MR) is 137 cm³/mol. The average Bonchev–Trinajstić information content (AvgIpc) is 2.86. The van der Waals surface area contributed by atoms with Crippen molar-refractivity contribution in [1.82, 2.24) is 5.43 Å². The first-order chi connectivity index (χ1) is 16.9. The molecule has 0 aliphatic rings. The van der Waals surface area contributed by atoms with E-state index in [1.165, 1.54) is 13.3 Å². The van der Waals surface area contributed by atoms with Crippen LogP contribution in [-0.4, -0.2) is 37.7 Å². The zero-order valence-corrected chi connectivity index (χ0v) is 20.6. The van der Waals surface area contributed by atoms with Gasteiger partial charge in [0.2, 0.25) is 0 Å². The Morgan fingerprint density at radius 2 is 1.66 bits per heavy atom. The molecule has 180 valence electrons. The third-order valence-electron chi connectivity index (χ3n) is 4.64. The summed E-state index contributed by atoms with van der Waals surface area (Å²) >= 11 is 3.42. The number of hydrazone groups is 1. The third kappa shape index (κ3) is 7.68. The minimum atomic E-state index is -0.945. The van der Waals surface area contributed by atoms with Gasteiger partial charge in [-0.3, -0.25) is 14.4 Å². The van der Waals surface area contributed by atoms with Gasteiger partial charge in [-0.2, -0.15) is 5.10 Å². The molecule has 0 aliphatic carbocycles. The van der Waals surface area contributed by atoms with Gasteiger partial charge in [0, 0.05) is 21.4 Å². The smallest absolute Gasteiger partial charge is 0.329 e. The minimum Gasteiger partial charge on any atom is -0.497 e. The number of amides is 3. The molecule has 3 amide bonds. The second kappa shape index (κ2) is 12.3. The molecule has 0 spiro atoms. The van der Waals surface area contributed by atoms with Crippen molar-refractivity contribution < 1.29 is 23.9 Å². The fraction of sp³-hybridized carbons (Fsp3) is 0.120. The van der Waals surface area contributed by atoms with Crippen molar-refractivity contribution in [3.8, 4) is 11.5 Å². The number of methoxy groups -OCH3 is 1. The number of hydrogen-bond donors (Lipinski definition) is 3. The van der Waals surface area contributed by atoms with Crippen LogP contribution in [0.3, 0.4) is 0 Å². The van der Waals surface area contributed by atoms with E-state index in [2.05, 4.69) is 37.1 Å². The van der Waals surface area contributed by atoms with Crippen molar-refractivity contribution in [2.75, 3.05) is 24.4 Å². The Morgan fingerprint density at radius 3 is 2.37 bits per heavy atom. The molecule has 3 N–H and O–H groups in total. The Hall–Kier alpha value is -4.18. The largest absolute Gasteiger partial charge is 0.497 e. The summed E-state index contributed by atoms with van der Waals surface area (Å²) < 4.78 is 11.6. The van der Waals surface area contributed by atoms with Gasteiger partial charge >= 0.3 is 11.8 Å². The second-order valence-corrected chi connectivity index (χ2v) is 8.07. The standard InChI is InChI=1S/C25H23BrN4O5/c1-16-13-19(9-12-21(16)26)28-23(31)15-35-22-6-4-3-5-17(22)14-27-30-25(33)24(32)29-18-7-10-20(34-2)11-8-18/h3-14H,15H2,1-2H3,(H,28,31)(H,29,32)(H,30,33)/b27-14-. The van der Waals surface area contributed by atoms with Crippen molar-refractivity contribution in [2.45, 2.75) is 6.92 Å². The van der Waals surface area contributed by atoms with Gasteiger partial charge in [-0.25, -0.2) is 5.43 Å². The second-order valence-electron chi connectivity index (χ2n) is 7.22. The maximum atomic E-state index is 12.3.